The zero-order valence-electron chi connectivity index (χ0n) is 13.1. The Morgan fingerprint density at radius 3 is 2.62 bits per heavy atom. The van der Waals surface area contributed by atoms with E-state index in [0.29, 0.717) is 24.4 Å². The summed E-state index contributed by atoms with van der Waals surface area (Å²) in [5, 5.41) is 3.22. The van der Waals surface area contributed by atoms with Crippen molar-refractivity contribution >= 4 is 21.8 Å². The normalized spacial score (nSPS) is 11.8. The van der Waals surface area contributed by atoms with E-state index < -0.39 is 10.0 Å². The van der Waals surface area contributed by atoms with Crippen LogP contribution in [0.3, 0.4) is 0 Å². The van der Waals surface area contributed by atoms with Gasteiger partial charge < -0.3 is 5.32 Å². The van der Waals surface area contributed by atoms with Gasteiger partial charge in [0.25, 0.3) is 0 Å². The molecule has 0 bridgehead atoms. The molecule has 0 heterocycles. The highest BCUT2D eigenvalue weighted by Crippen LogP contribution is 2.18. The zero-order chi connectivity index (χ0) is 15.7. The Balaban J connectivity index is 2.90. The minimum Gasteiger partial charge on any atom is -0.313 e. The van der Waals surface area contributed by atoms with Gasteiger partial charge in [-0.1, -0.05) is 26.0 Å². The second-order valence-electron chi connectivity index (χ2n) is 4.82. The highest BCUT2D eigenvalue weighted by atomic mass is 32.2. The van der Waals surface area contributed by atoms with E-state index in [9.17, 15) is 8.42 Å². The summed E-state index contributed by atoms with van der Waals surface area (Å²) in [5.74, 6) is 0.962. The van der Waals surface area contributed by atoms with E-state index >= 15 is 0 Å². The van der Waals surface area contributed by atoms with Crippen LogP contribution in [0.4, 0.5) is 0 Å². The van der Waals surface area contributed by atoms with Crippen LogP contribution in [0.2, 0.25) is 0 Å². The molecule has 0 aliphatic heterocycles. The number of rotatable bonds is 10. The topological polar surface area (TPSA) is 58.2 Å². The van der Waals surface area contributed by atoms with Gasteiger partial charge >= 0.3 is 0 Å². The lowest BCUT2D eigenvalue weighted by molar-refractivity contribution is 0.579. The Hall–Kier alpha value is -0.560. The predicted molar refractivity (Wildman–Crippen MR) is 91.4 cm³/mol. The van der Waals surface area contributed by atoms with Gasteiger partial charge in [-0.2, -0.15) is 11.8 Å². The SMILES string of the molecule is CCNCc1ccc(CC)c(S(=O)(=O)NCCCSC)c1. The molecule has 0 aromatic heterocycles. The Morgan fingerprint density at radius 1 is 1.24 bits per heavy atom. The van der Waals surface area contributed by atoms with Crippen molar-refractivity contribution in [1.29, 1.82) is 0 Å². The summed E-state index contributed by atoms with van der Waals surface area (Å²) < 4.78 is 27.6. The fraction of sp³-hybridized carbons (Fsp3) is 0.600. The van der Waals surface area contributed by atoms with Crippen molar-refractivity contribution in [1.82, 2.24) is 10.0 Å². The second kappa shape index (κ2) is 9.46. The smallest absolute Gasteiger partial charge is 0.240 e. The number of nitrogens with one attached hydrogen (secondary N) is 2. The average molecular weight is 331 g/mol. The van der Waals surface area contributed by atoms with E-state index in [1.165, 1.54) is 0 Å². The van der Waals surface area contributed by atoms with Crippen LogP contribution >= 0.6 is 11.8 Å². The highest BCUT2D eigenvalue weighted by molar-refractivity contribution is 7.98. The molecule has 0 aliphatic carbocycles. The van der Waals surface area contributed by atoms with Gasteiger partial charge in [0.1, 0.15) is 0 Å². The molecule has 0 amide bonds. The van der Waals surface area contributed by atoms with Crippen molar-refractivity contribution in [2.45, 2.75) is 38.1 Å². The van der Waals surface area contributed by atoms with Gasteiger partial charge in [-0.25, -0.2) is 13.1 Å². The first-order valence-corrected chi connectivity index (χ1v) is 10.2. The molecular weight excluding hydrogens is 304 g/mol. The highest BCUT2D eigenvalue weighted by Gasteiger charge is 2.17. The maximum Gasteiger partial charge on any atom is 0.240 e. The van der Waals surface area contributed by atoms with E-state index in [1.807, 2.05) is 32.2 Å². The number of hydrogen-bond acceptors (Lipinski definition) is 4. The summed E-state index contributed by atoms with van der Waals surface area (Å²) in [6, 6.07) is 5.70. The molecule has 0 fully saturated rings. The van der Waals surface area contributed by atoms with E-state index in [4.69, 9.17) is 0 Å². The average Bonchev–Trinajstić information content (AvgIpc) is 2.49. The molecule has 120 valence electrons. The van der Waals surface area contributed by atoms with Crippen LogP contribution in [0.5, 0.6) is 0 Å². The lowest BCUT2D eigenvalue weighted by Crippen LogP contribution is -2.26. The molecule has 0 saturated heterocycles. The van der Waals surface area contributed by atoms with Gasteiger partial charge in [0.05, 0.1) is 4.90 Å². The molecule has 2 N–H and O–H groups in total. The molecule has 0 spiro atoms. The standard InChI is InChI=1S/C15H26N2O2S2/c1-4-14-8-7-13(12-16-5-2)11-15(14)21(18,19)17-9-6-10-20-3/h7-8,11,16-17H,4-6,9-10,12H2,1-3H3. The Kier molecular flexibility index (Phi) is 8.33. The van der Waals surface area contributed by atoms with Crippen LogP contribution in [0.1, 0.15) is 31.4 Å². The Morgan fingerprint density at radius 2 is 2.00 bits per heavy atom. The van der Waals surface area contributed by atoms with E-state index in [1.54, 1.807) is 17.8 Å². The van der Waals surface area contributed by atoms with Crippen molar-refractivity contribution in [3.8, 4) is 0 Å². The number of thioether (sulfide) groups is 1. The summed E-state index contributed by atoms with van der Waals surface area (Å²) in [6.45, 7) is 6.06. The molecule has 1 aromatic rings. The minimum atomic E-state index is -3.42. The Bertz CT molecular complexity index is 530. The van der Waals surface area contributed by atoms with Gasteiger partial charge in [-0.15, -0.1) is 0 Å². The summed E-state index contributed by atoms with van der Waals surface area (Å²) in [7, 11) is -3.42. The molecule has 1 rings (SSSR count). The van der Waals surface area contributed by atoms with Gasteiger partial charge in [0, 0.05) is 13.1 Å². The van der Waals surface area contributed by atoms with Gasteiger partial charge in [0.2, 0.25) is 10.0 Å². The second-order valence-corrected chi connectivity index (χ2v) is 7.54. The number of aryl methyl sites for hydroxylation is 1. The lowest BCUT2D eigenvalue weighted by Gasteiger charge is -2.12. The summed E-state index contributed by atoms with van der Waals surface area (Å²) in [5.41, 5.74) is 1.87. The number of benzene rings is 1. The molecule has 0 saturated carbocycles. The van der Waals surface area contributed by atoms with Gasteiger partial charge in [-0.3, -0.25) is 0 Å². The minimum absolute atomic E-state index is 0.421. The maximum absolute atomic E-state index is 12.5. The van der Waals surface area contributed by atoms with Crippen molar-refractivity contribution in [3.05, 3.63) is 29.3 Å². The van der Waals surface area contributed by atoms with Crippen LogP contribution < -0.4 is 10.0 Å². The molecule has 6 heteroatoms. The first kappa shape index (κ1) is 18.5. The third-order valence-corrected chi connectivity index (χ3v) is 5.44. The molecular formula is C15H26N2O2S2. The van der Waals surface area contributed by atoms with Crippen molar-refractivity contribution in [2.24, 2.45) is 0 Å². The molecule has 0 atom stereocenters. The number of sulfonamides is 1. The summed E-state index contributed by atoms with van der Waals surface area (Å²) >= 11 is 1.72. The maximum atomic E-state index is 12.5. The summed E-state index contributed by atoms with van der Waals surface area (Å²) in [6.07, 6.45) is 3.58. The largest absolute Gasteiger partial charge is 0.313 e. The van der Waals surface area contributed by atoms with E-state index in [-0.39, 0.29) is 0 Å². The molecule has 4 nitrogen and oxygen atoms in total. The molecule has 0 aliphatic rings. The van der Waals surface area contributed by atoms with E-state index in [0.717, 1.165) is 29.8 Å². The van der Waals surface area contributed by atoms with Crippen LogP contribution in [0, 0.1) is 0 Å². The molecule has 0 radical (unpaired) electrons. The third-order valence-electron chi connectivity index (χ3n) is 3.20. The van der Waals surface area contributed by atoms with Gasteiger partial charge in [0.15, 0.2) is 0 Å². The zero-order valence-corrected chi connectivity index (χ0v) is 14.7. The van der Waals surface area contributed by atoms with Crippen LogP contribution in [0.25, 0.3) is 0 Å². The lowest BCUT2D eigenvalue weighted by atomic mass is 10.1. The molecule has 1 aromatic carbocycles. The quantitative estimate of drug-likeness (QED) is 0.647. The first-order chi connectivity index (χ1) is 10.0. The predicted octanol–water partition coefficient (Wildman–Crippen LogP) is 2.39. The van der Waals surface area contributed by atoms with Crippen LogP contribution in [0.15, 0.2) is 23.1 Å². The van der Waals surface area contributed by atoms with E-state index in [2.05, 4.69) is 10.0 Å². The third kappa shape index (κ3) is 5.98. The fourth-order valence-electron chi connectivity index (χ4n) is 2.02. The van der Waals surface area contributed by atoms with Crippen molar-refractivity contribution in [2.75, 3.05) is 25.1 Å². The fourth-order valence-corrected chi connectivity index (χ4v) is 3.89. The van der Waals surface area contributed by atoms with Crippen LogP contribution in [-0.4, -0.2) is 33.5 Å². The van der Waals surface area contributed by atoms with Crippen molar-refractivity contribution in [3.63, 3.8) is 0 Å². The number of hydrogen-bond donors (Lipinski definition) is 2. The monoisotopic (exact) mass is 330 g/mol. The molecule has 0 unspecified atom stereocenters. The Labute approximate surface area is 133 Å². The first-order valence-electron chi connectivity index (χ1n) is 7.36. The van der Waals surface area contributed by atoms with Gasteiger partial charge in [-0.05, 0) is 48.6 Å². The summed E-state index contributed by atoms with van der Waals surface area (Å²) in [4.78, 5) is 0.421. The van der Waals surface area contributed by atoms with Crippen LogP contribution in [-0.2, 0) is 23.0 Å². The van der Waals surface area contributed by atoms with Crippen molar-refractivity contribution < 1.29 is 8.42 Å². The molecule has 21 heavy (non-hydrogen) atoms.